The van der Waals surface area contributed by atoms with Gasteiger partial charge >= 0.3 is 10.4 Å². The lowest BCUT2D eigenvalue weighted by atomic mass is 10.1. The van der Waals surface area contributed by atoms with Gasteiger partial charge in [-0.05, 0) is 59.5 Å². The summed E-state index contributed by atoms with van der Waals surface area (Å²) in [7, 11) is -24.2. The van der Waals surface area contributed by atoms with Crippen molar-refractivity contribution in [3.63, 3.8) is 0 Å². The number of benzene rings is 4. The molecule has 30 heteroatoms. The number of nitrogens with one attached hydrogen (secondary N) is 1. The van der Waals surface area contributed by atoms with Crippen LogP contribution in [0.25, 0.3) is 10.8 Å². The van der Waals surface area contributed by atoms with Gasteiger partial charge in [-0.25, -0.2) is 12.6 Å². The second kappa shape index (κ2) is 16.8. The maximum absolute atomic E-state index is 12.7. The summed E-state index contributed by atoms with van der Waals surface area (Å²) in [5, 5.41) is 19.5. The van der Waals surface area contributed by atoms with Crippen LogP contribution in [0.2, 0.25) is 5.28 Å². The highest BCUT2D eigenvalue weighted by Crippen LogP contribution is 2.44. The van der Waals surface area contributed by atoms with Gasteiger partial charge in [-0.1, -0.05) is 18.2 Å². The summed E-state index contributed by atoms with van der Waals surface area (Å²) >= 11 is 6.18. The van der Waals surface area contributed by atoms with E-state index < -0.39 is 122 Å². The lowest BCUT2D eigenvalue weighted by Crippen LogP contribution is -2.29. The first-order chi connectivity index (χ1) is 27.2. The molecule has 0 fully saturated rings. The number of halogens is 1. The molecule has 0 radical (unpaired) electrons. The maximum Gasteiger partial charge on any atom is 0.397 e. The maximum atomic E-state index is 12.7. The number of hydrogen-bond acceptors (Lipinski definition) is 20. The molecule has 0 bridgehead atoms. The minimum Gasteiger partial charge on any atom is -0.507 e. The van der Waals surface area contributed by atoms with Crippen LogP contribution in [0.5, 0.6) is 5.75 Å². The number of fused-ring (bicyclic) bond motifs is 1. The number of phenolic OH excluding ortho intramolecular Hbond substituents is 1. The van der Waals surface area contributed by atoms with Crippen molar-refractivity contribution in [1.82, 2.24) is 15.0 Å². The molecule has 0 atom stereocenters. The first-order valence-corrected chi connectivity index (χ1v) is 23.5. The van der Waals surface area contributed by atoms with Crippen LogP contribution < -0.4 is 16.0 Å². The minimum atomic E-state index is -5.17. The second-order valence-electron chi connectivity index (χ2n) is 11.7. The van der Waals surface area contributed by atoms with Gasteiger partial charge in [0.2, 0.25) is 17.2 Å². The number of para-hydroxylation sites is 1. The fourth-order valence-corrected chi connectivity index (χ4v) is 8.51. The predicted molar refractivity (Wildman–Crippen MR) is 208 cm³/mol. The van der Waals surface area contributed by atoms with E-state index in [1.165, 1.54) is 11.0 Å². The van der Waals surface area contributed by atoms with E-state index in [0.717, 1.165) is 12.1 Å². The van der Waals surface area contributed by atoms with Crippen LogP contribution in [0, 0.1) is 0 Å². The highest BCUT2D eigenvalue weighted by atomic mass is 35.5. The number of rotatable bonds is 16. The van der Waals surface area contributed by atoms with Gasteiger partial charge in [-0.2, -0.15) is 48.6 Å². The normalized spacial score (nSPS) is 12.9. The Kier molecular flexibility index (Phi) is 12.8. The van der Waals surface area contributed by atoms with Crippen molar-refractivity contribution in [3.8, 4) is 5.75 Å². The lowest BCUT2D eigenvalue weighted by molar-refractivity contribution is 0.284. The average molecular weight is 939 g/mol. The van der Waals surface area contributed by atoms with Crippen molar-refractivity contribution in [1.29, 1.82) is 0 Å². The van der Waals surface area contributed by atoms with Crippen molar-refractivity contribution < 1.29 is 69.6 Å². The molecule has 24 nitrogen and oxygen atoms in total. The Morgan fingerprint density at radius 2 is 1.42 bits per heavy atom. The van der Waals surface area contributed by atoms with E-state index in [0.29, 0.717) is 23.9 Å². The third-order valence-electron chi connectivity index (χ3n) is 7.65. The molecule has 0 saturated carbocycles. The number of sulfone groups is 1. The van der Waals surface area contributed by atoms with E-state index in [-0.39, 0.29) is 24.1 Å². The molecular weight excluding hydrogens is 912 g/mol. The fourth-order valence-electron chi connectivity index (χ4n) is 5.11. The molecule has 0 saturated heterocycles. The first kappa shape index (κ1) is 44.9. The Morgan fingerprint density at radius 3 is 2.03 bits per heavy atom. The van der Waals surface area contributed by atoms with Crippen LogP contribution in [0.4, 0.5) is 40.3 Å². The Balaban J connectivity index is 1.52. The zero-order valence-corrected chi connectivity index (χ0v) is 33.9. The Hall–Kier alpha value is -5.21. The van der Waals surface area contributed by atoms with Gasteiger partial charge in [0.05, 0.1) is 34.1 Å². The van der Waals surface area contributed by atoms with Gasteiger partial charge < -0.3 is 21.1 Å². The molecule has 4 aromatic carbocycles. The second-order valence-corrected chi connectivity index (χ2v) is 19.7. The molecule has 5 rings (SSSR count). The first-order valence-electron chi connectivity index (χ1n) is 15.6. The molecule has 59 heavy (non-hydrogen) atoms. The molecule has 0 aliphatic rings. The number of nitrogen functional groups attached to an aromatic ring is 1. The Bertz CT molecular complexity index is 3070. The number of anilines is 5. The minimum absolute atomic E-state index is 0.147. The van der Waals surface area contributed by atoms with Crippen LogP contribution >= 0.6 is 11.6 Å². The summed E-state index contributed by atoms with van der Waals surface area (Å²) in [5.41, 5.74) is 3.98. The number of nitrogens with zero attached hydrogens (tertiary/aromatic N) is 6. The van der Waals surface area contributed by atoms with Crippen LogP contribution in [0.15, 0.2) is 91.6 Å². The van der Waals surface area contributed by atoms with Crippen LogP contribution in [-0.4, -0.2) is 105 Å². The summed E-state index contributed by atoms with van der Waals surface area (Å²) in [5.74, 6) is -2.88. The van der Waals surface area contributed by atoms with E-state index in [1.54, 1.807) is 30.3 Å². The Morgan fingerprint density at radius 1 is 0.763 bits per heavy atom. The van der Waals surface area contributed by atoms with Crippen molar-refractivity contribution in [3.05, 3.63) is 72.0 Å². The molecule has 0 aliphatic heterocycles. The summed E-state index contributed by atoms with van der Waals surface area (Å²) in [6.07, 6.45) is 0. The van der Waals surface area contributed by atoms with Gasteiger partial charge in [-0.15, -0.1) is 10.2 Å². The highest BCUT2D eigenvalue weighted by molar-refractivity contribution is 7.91. The van der Waals surface area contributed by atoms with Gasteiger partial charge in [0.1, 0.15) is 26.9 Å². The highest BCUT2D eigenvalue weighted by Gasteiger charge is 2.25. The summed E-state index contributed by atoms with van der Waals surface area (Å²) in [4.78, 5) is 10.7. The largest absolute Gasteiger partial charge is 0.507 e. The van der Waals surface area contributed by atoms with Crippen molar-refractivity contribution >= 4 is 113 Å². The molecule has 8 N–H and O–H groups in total. The molecule has 5 aromatic rings. The summed E-state index contributed by atoms with van der Waals surface area (Å²) < 4.78 is 162. The number of nitrogens with two attached hydrogens (primary N) is 1. The zero-order valence-electron chi connectivity index (χ0n) is 29.1. The van der Waals surface area contributed by atoms with E-state index >= 15 is 0 Å². The molecule has 0 aliphatic carbocycles. The van der Waals surface area contributed by atoms with E-state index in [9.17, 15) is 60.9 Å². The van der Waals surface area contributed by atoms with Crippen molar-refractivity contribution in [2.45, 2.75) is 14.7 Å². The standard InChI is InChI=1S/C29H27ClN8O16S5/c30-27-33-28(35-29(34-27)38(18-4-2-1-3-5-18)8-10-55(40,41)11-9-54-59(51,52)53)32-17-6-7-20(22(14-17)57(45,46)47)36-37-26-24-16(13-23(25(26)31)58(48,49)50)12-19(15-21(24)39)56(42,43)44/h1-7,12-15,39H,8-11,31H2,(H,42,43,44)(H,45,46,47)(H,48,49,50)(H,51,52,53)(H,32,33,34,35). The molecule has 0 amide bonds. The monoisotopic (exact) mass is 938 g/mol. The van der Waals surface area contributed by atoms with Crippen LogP contribution in [0.3, 0.4) is 0 Å². The SMILES string of the molecule is Nc1c(S(=O)(=O)O)cc2cc(S(=O)(=O)O)cc(O)c2c1N=Nc1ccc(Nc2nc(Cl)nc(N(CCS(=O)(=O)CCOS(=O)(=O)O)c3ccccc3)n2)cc1S(=O)(=O)O. The van der Waals surface area contributed by atoms with E-state index in [2.05, 4.69) is 34.7 Å². The van der Waals surface area contributed by atoms with Gasteiger partial charge in [0, 0.05) is 24.0 Å². The average Bonchev–Trinajstić information content (AvgIpc) is 3.10. The van der Waals surface area contributed by atoms with E-state index in [4.69, 9.17) is 21.9 Å². The van der Waals surface area contributed by atoms with Crippen LogP contribution in [-0.2, 0) is 54.8 Å². The van der Waals surface area contributed by atoms with Gasteiger partial charge in [-0.3, -0.25) is 18.2 Å². The smallest absolute Gasteiger partial charge is 0.397 e. The number of hydrogen-bond donors (Lipinski definition) is 7. The third-order valence-corrected chi connectivity index (χ3v) is 12.5. The number of phenols is 1. The van der Waals surface area contributed by atoms with E-state index in [1.807, 2.05) is 0 Å². The van der Waals surface area contributed by atoms with Crippen molar-refractivity contribution in [2.75, 3.05) is 40.6 Å². The number of azo groups is 1. The molecule has 1 heterocycles. The Labute approximate surface area is 339 Å². The zero-order chi connectivity index (χ0) is 43.7. The summed E-state index contributed by atoms with van der Waals surface area (Å²) in [6, 6.07) is 12.9. The molecule has 316 valence electrons. The third kappa shape index (κ3) is 11.5. The van der Waals surface area contributed by atoms with Gasteiger partial charge in [0.25, 0.3) is 30.4 Å². The van der Waals surface area contributed by atoms with Gasteiger partial charge in [0.15, 0.2) is 9.84 Å². The molecule has 1 aromatic heterocycles. The quantitative estimate of drug-likeness (QED) is 0.0424. The number of aromatic hydroxyl groups is 1. The summed E-state index contributed by atoms with van der Waals surface area (Å²) in [6.45, 7) is -1.20. The molecule has 0 spiro atoms. The van der Waals surface area contributed by atoms with Crippen LogP contribution in [0.1, 0.15) is 0 Å². The fraction of sp³-hybridized carbons (Fsp3) is 0.138. The molecular formula is C29H27ClN8O16S5. The topological polar surface area (TPSA) is 386 Å². The van der Waals surface area contributed by atoms with Crippen molar-refractivity contribution in [2.24, 2.45) is 10.2 Å². The number of aromatic nitrogens is 3. The molecule has 0 unspecified atom stereocenters. The predicted octanol–water partition coefficient (Wildman–Crippen LogP) is 3.24. The lowest BCUT2D eigenvalue weighted by Gasteiger charge is -2.23.